The van der Waals surface area contributed by atoms with Crippen molar-refractivity contribution in [3.63, 3.8) is 0 Å². The molecule has 0 aliphatic carbocycles. The van der Waals surface area contributed by atoms with Crippen LogP contribution in [0.25, 0.3) is 23.1 Å². The van der Waals surface area contributed by atoms with E-state index in [1.807, 2.05) is 87.4 Å². The van der Waals surface area contributed by atoms with Gasteiger partial charge in [-0.15, -0.1) is 0 Å². The fraction of sp³-hybridized carbons (Fsp3) is 0.269. The van der Waals surface area contributed by atoms with Crippen molar-refractivity contribution in [3.05, 3.63) is 71.0 Å². The Bertz CT molecular complexity index is 1240. The number of aromatic amines is 1. The van der Waals surface area contributed by atoms with Crippen LogP contribution in [-0.2, 0) is 9.63 Å². The van der Waals surface area contributed by atoms with Gasteiger partial charge in [0, 0.05) is 23.0 Å². The SMILES string of the molecule is CC(C)(C)ON1CC[C@H](Oc2ccc(C=Cc3cc4ccc(C#N)cc4[nH]3)cc2)C1=C=O. The monoisotopic (exact) mass is 427 g/mol. The summed E-state index contributed by atoms with van der Waals surface area (Å²) in [6, 6.07) is 17.5. The van der Waals surface area contributed by atoms with E-state index in [4.69, 9.17) is 14.8 Å². The Morgan fingerprint density at radius 3 is 2.59 bits per heavy atom. The molecule has 0 spiro atoms. The van der Waals surface area contributed by atoms with Crippen LogP contribution in [0.2, 0.25) is 0 Å². The van der Waals surface area contributed by atoms with E-state index in [9.17, 15) is 4.79 Å². The number of H-pyrrole nitrogens is 1. The summed E-state index contributed by atoms with van der Waals surface area (Å²) in [5.74, 6) is 2.67. The fourth-order valence-corrected chi connectivity index (χ4v) is 3.63. The van der Waals surface area contributed by atoms with Crippen LogP contribution in [0.1, 0.15) is 44.0 Å². The lowest BCUT2D eigenvalue weighted by molar-refractivity contribution is -0.198. The third-order valence-electron chi connectivity index (χ3n) is 5.04. The van der Waals surface area contributed by atoms with Crippen molar-refractivity contribution in [2.45, 2.75) is 38.9 Å². The molecule has 6 heteroatoms. The highest BCUT2D eigenvalue weighted by molar-refractivity contribution is 5.85. The number of carbonyl (C=O) groups excluding carboxylic acids is 1. The minimum absolute atomic E-state index is 0.374. The molecule has 1 aromatic heterocycles. The molecule has 1 fully saturated rings. The molecule has 1 aliphatic heterocycles. The molecule has 2 heterocycles. The molecule has 3 aromatic rings. The second-order valence-corrected chi connectivity index (χ2v) is 8.73. The number of hydroxylamine groups is 2. The summed E-state index contributed by atoms with van der Waals surface area (Å²) in [6.07, 6.45) is 4.29. The molecule has 6 nitrogen and oxygen atoms in total. The summed E-state index contributed by atoms with van der Waals surface area (Å²) in [5, 5.41) is 11.7. The molecule has 2 aromatic carbocycles. The lowest BCUT2D eigenvalue weighted by Gasteiger charge is -2.27. The van der Waals surface area contributed by atoms with Crippen molar-refractivity contribution in [3.8, 4) is 11.8 Å². The third-order valence-corrected chi connectivity index (χ3v) is 5.04. The summed E-state index contributed by atoms with van der Waals surface area (Å²) in [7, 11) is 0. The maximum Gasteiger partial charge on any atom is 0.165 e. The summed E-state index contributed by atoms with van der Waals surface area (Å²) in [5.41, 5.74) is 3.54. The number of nitrogens with zero attached hydrogens (tertiary/aromatic N) is 2. The molecule has 1 N–H and O–H groups in total. The van der Waals surface area contributed by atoms with Crippen LogP contribution in [-0.4, -0.2) is 34.2 Å². The van der Waals surface area contributed by atoms with Gasteiger partial charge in [-0.05, 0) is 62.7 Å². The molecule has 4 rings (SSSR count). The second kappa shape index (κ2) is 8.76. The first-order valence-electron chi connectivity index (χ1n) is 10.5. The fourth-order valence-electron chi connectivity index (χ4n) is 3.63. The summed E-state index contributed by atoms with van der Waals surface area (Å²) < 4.78 is 6.03. The molecule has 1 aliphatic rings. The molecule has 0 bridgehead atoms. The predicted octanol–water partition coefficient (Wildman–Crippen LogP) is 5.11. The number of nitrogens with one attached hydrogen (secondary N) is 1. The molecule has 32 heavy (non-hydrogen) atoms. The lowest BCUT2D eigenvalue weighted by atomic mass is 10.1. The minimum Gasteiger partial charge on any atom is -0.483 e. The van der Waals surface area contributed by atoms with Crippen LogP contribution < -0.4 is 4.74 Å². The number of ether oxygens (including phenoxy) is 1. The highest BCUT2D eigenvalue weighted by Crippen LogP contribution is 2.28. The molecular formula is C26H25N3O3. The quantitative estimate of drug-likeness (QED) is 0.573. The van der Waals surface area contributed by atoms with Crippen molar-refractivity contribution < 1.29 is 14.4 Å². The van der Waals surface area contributed by atoms with Gasteiger partial charge in [-0.3, -0.25) is 4.84 Å². The summed E-state index contributed by atoms with van der Waals surface area (Å²) in [4.78, 5) is 20.6. The summed E-state index contributed by atoms with van der Waals surface area (Å²) >= 11 is 0. The van der Waals surface area contributed by atoms with Gasteiger partial charge in [0.25, 0.3) is 0 Å². The Balaban J connectivity index is 1.41. The molecule has 0 unspecified atom stereocenters. The number of aromatic nitrogens is 1. The van der Waals surface area contributed by atoms with Crippen LogP contribution in [0.15, 0.2) is 54.2 Å². The predicted molar refractivity (Wildman–Crippen MR) is 124 cm³/mol. The molecule has 0 saturated carbocycles. The van der Waals surface area contributed by atoms with Gasteiger partial charge in [-0.25, -0.2) is 9.86 Å². The van der Waals surface area contributed by atoms with Crippen molar-refractivity contribution in [2.75, 3.05) is 6.54 Å². The summed E-state index contributed by atoms with van der Waals surface area (Å²) in [6.45, 7) is 6.41. The zero-order valence-corrected chi connectivity index (χ0v) is 18.4. The molecule has 0 radical (unpaired) electrons. The van der Waals surface area contributed by atoms with Gasteiger partial charge in [0.05, 0.1) is 23.8 Å². The van der Waals surface area contributed by atoms with E-state index in [0.717, 1.165) is 22.2 Å². The van der Waals surface area contributed by atoms with Crippen molar-refractivity contribution in [2.24, 2.45) is 0 Å². The Labute approximate surface area is 187 Å². The Morgan fingerprint density at radius 1 is 1.12 bits per heavy atom. The second-order valence-electron chi connectivity index (χ2n) is 8.73. The number of rotatable bonds is 5. The van der Waals surface area contributed by atoms with Crippen LogP contribution in [0.3, 0.4) is 0 Å². The number of hydrogen-bond acceptors (Lipinski definition) is 5. The van der Waals surface area contributed by atoms with Gasteiger partial charge in [0.1, 0.15) is 5.75 Å². The lowest BCUT2D eigenvalue weighted by Crippen LogP contribution is -2.32. The average Bonchev–Trinajstić information content (AvgIpc) is 3.34. The van der Waals surface area contributed by atoms with Crippen LogP contribution in [0, 0.1) is 11.3 Å². The molecule has 162 valence electrons. The number of benzene rings is 2. The minimum atomic E-state index is -0.395. The van der Waals surface area contributed by atoms with Crippen LogP contribution >= 0.6 is 0 Å². The van der Waals surface area contributed by atoms with E-state index < -0.39 is 5.60 Å². The van der Waals surface area contributed by atoms with E-state index in [0.29, 0.717) is 30.0 Å². The normalized spacial score (nSPS) is 16.5. The maximum absolute atomic E-state index is 11.5. The van der Waals surface area contributed by atoms with E-state index >= 15 is 0 Å². The first-order chi connectivity index (χ1) is 15.3. The number of hydrogen-bond donors (Lipinski definition) is 1. The van der Waals surface area contributed by atoms with Gasteiger partial charge < -0.3 is 9.72 Å². The van der Waals surface area contributed by atoms with Gasteiger partial charge in [-0.2, -0.15) is 5.26 Å². The smallest absolute Gasteiger partial charge is 0.165 e. The maximum atomic E-state index is 11.5. The third kappa shape index (κ3) is 4.92. The number of fused-ring (bicyclic) bond motifs is 1. The largest absolute Gasteiger partial charge is 0.483 e. The first-order valence-corrected chi connectivity index (χ1v) is 10.5. The topological polar surface area (TPSA) is 78.3 Å². The van der Waals surface area contributed by atoms with Crippen molar-refractivity contribution in [1.29, 1.82) is 5.26 Å². The standard InChI is InChI=1S/C26H25N3O3/c1-26(2,3)32-29-13-12-25(24(29)17-30)31-22-10-6-18(7-11-22)5-9-21-15-20-8-4-19(16-27)14-23(20)28-21/h4-11,14-15,25,28H,12-13H2,1-3H3/t25-/m0/s1. The molecular weight excluding hydrogens is 402 g/mol. The Hall–Kier alpha value is -3.78. The molecule has 1 saturated heterocycles. The van der Waals surface area contributed by atoms with Gasteiger partial charge in [-0.1, -0.05) is 24.3 Å². The van der Waals surface area contributed by atoms with E-state index in [1.165, 1.54) is 0 Å². The average molecular weight is 428 g/mol. The Morgan fingerprint density at radius 2 is 1.91 bits per heavy atom. The van der Waals surface area contributed by atoms with E-state index in [1.54, 1.807) is 5.06 Å². The Kier molecular flexibility index (Phi) is 5.87. The van der Waals surface area contributed by atoms with Crippen LogP contribution in [0.4, 0.5) is 0 Å². The van der Waals surface area contributed by atoms with Gasteiger partial charge in [0.2, 0.25) is 0 Å². The molecule has 1 atom stereocenters. The first kappa shape index (κ1) is 21.5. The number of nitriles is 1. The van der Waals surface area contributed by atoms with Crippen LogP contribution in [0.5, 0.6) is 5.75 Å². The van der Waals surface area contributed by atoms with E-state index in [-0.39, 0.29) is 6.10 Å². The molecule has 0 amide bonds. The van der Waals surface area contributed by atoms with E-state index in [2.05, 4.69) is 11.1 Å². The van der Waals surface area contributed by atoms with Crippen molar-refractivity contribution in [1.82, 2.24) is 10.0 Å². The van der Waals surface area contributed by atoms with Gasteiger partial charge in [0.15, 0.2) is 17.7 Å². The van der Waals surface area contributed by atoms with Gasteiger partial charge >= 0.3 is 0 Å². The highest BCUT2D eigenvalue weighted by atomic mass is 16.7. The zero-order valence-electron chi connectivity index (χ0n) is 18.4. The highest BCUT2D eigenvalue weighted by Gasteiger charge is 2.34. The zero-order chi connectivity index (χ0) is 22.7. The van der Waals surface area contributed by atoms with Crippen molar-refractivity contribution >= 4 is 29.0 Å².